The quantitative estimate of drug-likeness (QED) is 0.253. The molecular formula is C22H36IN5OS. The van der Waals surface area contributed by atoms with Crippen LogP contribution < -0.4 is 15.4 Å². The summed E-state index contributed by atoms with van der Waals surface area (Å²) < 4.78 is 5.42. The van der Waals surface area contributed by atoms with Crippen LogP contribution in [0.1, 0.15) is 42.3 Å². The number of aliphatic imine (C=N–C) groups is 1. The molecule has 0 amide bonds. The molecule has 0 saturated carbocycles. The zero-order valence-corrected chi connectivity index (χ0v) is 21.9. The molecule has 1 atom stereocenters. The maximum atomic E-state index is 5.42. The fraction of sp³-hybridized carbons (Fsp3) is 0.545. The molecule has 0 fully saturated rings. The van der Waals surface area contributed by atoms with Crippen LogP contribution >= 0.6 is 35.3 Å². The van der Waals surface area contributed by atoms with Crippen molar-refractivity contribution in [3.05, 3.63) is 45.9 Å². The van der Waals surface area contributed by atoms with E-state index in [2.05, 4.69) is 64.5 Å². The molecule has 2 rings (SSSR count). The summed E-state index contributed by atoms with van der Waals surface area (Å²) in [6.45, 7) is 10.1. The molecule has 0 bridgehead atoms. The van der Waals surface area contributed by atoms with Gasteiger partial charge in [-0.15, -0.1) is 35.3 Å². The van der Waals surface area contributed by atoms with E-state index in [1.165, 1.54) is 15.4 Å². The van der Waals surface area contributed by atoms with Crippen molar-refractivity contribution in [1.29, 1.82) is 0 Å². The summed E-state index contributed by atoms with van der Waals surface area (Å²) in [7, 11) is 3.52. The van der Waals surface area contributed by atoms with Crippen LogP contribution in [0.15, 0.2) is 35.5 Å². The van der Waals surface area contributed by atoms with E-state index in [1.54, 1.807) is 18.4 Å². The van der Waals surface area contributed by atoms with Crippen LogP contribution in [0.3, 0.4) is 0 Å². The van der Waals surface area contributed by atoms with E-state index in [0.717, 1.165) is 50.7 Å². The van der Waals surface area contributed by atoms with Crippen LogP contribution in [0.4, 0.5) is 0 Å². The molecule has 8 heteroatoms. The van der Waals surface area contributed by atoms with Gasteiger partial charge in [-0.2, -0.15) is 0 Å². The van der Waals surface area contributed by atoms with Gasteiger partial charge in [0, 0.05) is 37.6 Å². The first-order valence-electron chi connectivity index (χ1n) is 10.4. The number of methoxy groups -OCH3 is 1. The number of nitrogens with zero attached hydrogens (tertiary/aromatic N) is 3. The van der Waals surface area contributed by atoms with Gasteiger partial charge in [-0.05, 0) is 37.2 Å². The number of aryl methyl sites for hydroxylation is 1. The van der Waals surface area contributed by atoms with Crippen LogP contribution in [0, 0.1) is 0 Å². The zero-order valence-electron chi connectivity index (χ0n) is 18.8. The molecule has 1 aromatic carbocycles. The van der Waals surface area contributed by atoms with E-state index < -0.39 is 0 Å². The van der Waals surface area contributed by atoms with Gasteiger partial charge in [-0.1, -0.05) is 32.9 Å². The van der Waals surface area contributed by atoms with E-state index in [4.69, 9.17) is 4.74 Å². The highest BCUT2D eigenvalue weighted by Gasteiger charge is 2.19. The summed E-state index contributed by atoms with van der Waals surface area (Å²) in [5.41, 5.74) is 1.24. The first kappa shape index (κ1) is 26.6. The van der Waals surface area contributed by atoms with Gasteiger partial charge in [-0.3, -0.25) is 9.89 Å². The Balaban J connectivity index is 0.00000450. The lowest BCUT2D eigenvalue weighted by Crippen LogP contribution is -2.43. The SMILES string of the molecule is CCc1cnc(CCNC(=NC)NCC(c2cccc(OC)c2)N(CC)CC)s1.I. The first-order valence-corrected chi connectivity index (χ1v) is 11.2. The molecular weight excluding hydrogens is 509 g/mol. The summed E-state index contributed by atoms with van der Waals surface area (Å²) >= 11 is 1.79. The predicted molar refractivity (Wildman–Crippen MR) is 139 cm³/mol. The van der Waals surface area contributed by atoms with Crippen molar-refractivity contribution in [3.8, 4) is 5.75 Å². The van der Waals surface area contributed by atoms with Crippen molar-refractivity contribution in [3.63, 3.8) is 0 Å². The van der Waals surface area contributed by atoms with Gasteiger partial charge in [-0.25, -0.2) is 4.98 Å². The number of likely N-dealkylation sites (N-methyl/N-ethyl adjacent to an activating group) is 1. The molecule has 1 aromatic heterocycles. The smallest absolute Gasteiger partial charge is 0.191 e. The van der Waals surface area contributed by atoms with Gasteiger partial charge in [0.05, 0.1) is 18.2 Å². The largest absolute Gasteiger partial charge is 0.497 e. The minimum atomic E-state index is 0. The highest BCUT2D eigenvalue weighted by molar-refractivity contribution is 14.0. The van der Waals surface area contributed by atoms with Gasteiger partial charge in [0.2, 0.25) is 0 Å². The maximum absolute atomic E-state index is 5.42. The Morgan fingerprint density at radius 2 is 2.00 bits per heavy atom. The number of nitrogens with one attached hydrogen (secondary N) is 2. The molecule has 0 saturated heterocycles. The average molecular weight is 546 g/mol. The third-order valence-corrected chi connectivity index (χ3v) is 6.20. The van der Waals surface area contributed by atoms with Crippen LogP contribution in [0.2, 0.25) is 0 Å². The Morgan fingerprint density at radius 1 is 1.23 bits per heavy atom. The molecule has 0 spiro atoms. The molecule has 0 aliphatic rings. The van der Waals surface area contributed by atoms with Crippen molar-refractivity contribution in [1.82, 2.24) is 20.5 Å². The summed E-state index contributed by atoms with van der Waals surface area (Å²) in [6, 6.07) is 8.56. The van der Waals surface area contributed by atoms with Crippen LogP contribution in [0.5, 0.6) is 5.75 Å². The number of aromatic nitrogens is 1. The highest BCUT2D eigenvalue weighted by atomic mass is 127. The number of benzene rings is 1. The fourth-order valence-electron chi connectivity index (χ4n) is 3.30. The van der Waals surface area contributed by atoms with Crippen LogP contribution in [0.25, 0.3) is 0 Å². The molecule has 168 valence electrons. The third-order valence-electron chi connectivity index (χ3n) is 5.00. The number of halogens is 1. The minimum absolute atomic E-state index is 0. The zero-order chi connectivity index (χ0) is 21.1. The standard InChI is InChI=1S/C22H35N5OS.HI/c1-6-19-15-25-21(29-19)12-13-24-22(23-4)26-16-20(27(7-2)8-3)17-10-9-11-18(14-17)28-5;/h9-11,14-15,20H,6-8,12-13,16H2,1-5H3,(H2,23,24,26);1H. The van der Waals surface area contributed by atoms with Gasteiger partial charge >= 0.3 is 0 Å². The Bertz CT molecular complexity index is 763. The Labute approximate surface area is 202 Å². The second-order valence-corrected chi connectivity index (χ2v) is 7.92. The maximum Gasteiger partial charge on any atom is 0.191 e. The van der Waals surface area contributed by atoms with E-state index in [-0.39, 0.29) is 30.0 Å². The molecule has 2 N–H and O–H groups in total. The minimum Gasteiger partial charge on any atom is -0.497 e. The average Bonchev–Trinajstić information content (AvgIpc) is 3.23. The fourth-order valence-corrected chi connectivity index (χ4v) is 4.16. The Hall–Kier alpha value is -1.39. The Morgan fingerprint density at radius 3 is 2.60 bits per heavy atom. The van der Waals surface area contributed by atoms with Gasteiger partial charge in [0.1, 0.15) is 5.75 Å². The molecule has 30 heavy (non-hydrogen) atoms. The summed E-state index contributed by atoms with van der Waals surface area (Å²) in [4.78, 5) is 12.6. The number of hydrogen-bond donors (Lipinski definition) is 2. The number of rotatable bonds is 11. The summed E-state index contributed by atoms with van der Waals surface area (Å²) in [5, 5.41) is 8.08. The first-order chi connectivity index (χ1) is 14.1. The normalized spacial score (nSPS) is 12.4. The van der Waals surface area contributed by atoms with Crippen molar-refractivity contribution < 1.29 is 4.74 Å². The summed E-state index contributed by atoms with van der Waals surface area (Å²) in [6.07, 6.45) is 3.93. The lowest BCUT2D eigenvalue weighted by molar-refractivity contribution is 0.218. The monoisotopic (exact) mass is 545 g/mol. The molecule has 0 radical (unpaired) electrons. The van der Waals surface area contributed by atoms with Crippen LogP contribution in [-0.2, 0) is 12.8 Å². The van der Waals surface area contributed by atoms with Gasteiger partial charge in [0.15, 0.2) is 5.96 Å². The van der Waals surface area contributed by atoms with E-state index in [9.17, 15) is 0 Å². The van der Waals surface area contributed by atoms with E-state index in [0.29, 0.717) is 0 Å². The number of hydrogen-bond acceptors (Lipinski definition) is 5. The van der Waals surface area contributed by atoms with Crippen molar-refractivity contribution in [2.75, 3.05) is 40.3 Å². The molecule has 1 heterocycles. The lowest BCUT2D eigenvalue weighted by Gasteiger charge is -2.31. The second kappa shape index (κ2) is 14.6. The van der Waals surface area contributed by atoms with Crippen molar-refractivity contribution >= 4 is 41.3 Å². The van der Waals surface area contributed by atoms with Crippen molar-refractivity contribution in [2.24, 2.45) is 4.99 Å². The molecule has 1 unspecified atom stereocenters. The number of ether oxygens (including phenoxy) is 1. The van der Waals surface area contributed by atoms with E-state index in [1.807, 2.05) is 19.3 Å². The topological polar surface area (TPSA) is 61.8 Å². The Kier molecular flexibility index (Phi) is 13.0. The third kappa shape index (κ3) is 8.03. The van der Waals surface area contributed by atoms with Crippen LogP contribution in [-0.4, -0.2) is 56.2 Å². The van der Waals surface area contributed by atoms with Crippen molar-refractivity contribution in [2.45, 2.75) is 39.7 Å². The van der Waals surface area contributed by atoms with Gasteiger partial charge in [0.25, 0.3) is 0 Å². The molecule has 2 aromatic rings. The van der Waals surface area contributed by atoms with Gasteiger partial charge < -0.3 is 15.4 Å². The van der Waals surface area contributed by atoms with E-state index >= 15 is 0 Å². The molecule has 0 aliphatic heterocycles. The number of guanidine groups is 1. The second-order valence-electron chi connectivity index (χ2n) is 6.72. The molecule has 6 nitrogen and oxygen atoms in total. The molecule has 0 aliphatic carbocycles. The number of thiazole rings is 1. The summed E-state index contributed by atoms with van der Waals surface area (Å²) in [5.74, 6) is 1.70. The lowest BCUT2D eigenvalue weighted by atomic mass is 10.0. The predicted octanol–water partition coefficient (Wildman–Crippen LogP) is 4.12. The highest BCUT2D eigenvalue weighted by Crippen LogP contribution is 2.23.